The van der Waals surface area contributed by atoms with Crippen molar-refractivity contribution in [1.82, 2.24) is 19.7 Å². The summed E-state index contributed by atoms with van der Waals surface area (Å²) in [5.74, 6) is -0.898. The standard InChI is InChI=1S/C24H21ClF2N4O2/c1-2-32-14-10-17(26)16(18(27)11-14)13-31-20-7-4-3-6-15(20)23(30-31)24-28-19(12-22(25)29-24)21-8-5-9-33-21/h3-4,6-7,10-12,21H,2,5,8-9,13H2,1H3. The first kappa shape index (κ1) is 21.7. The molecule has 9 heteroatoms. The third-order valence-corrected chi connectivity index (χ3v) is 5.77. The van der Waals surface area contributed by atoms with E-state index in [4.69, 9.17) is 21.1 Å². The van der Waals surface area contributed by atoms with Gasteiger partial charge in [-0.05, 0) is 31.9 Å². The molecule has 1 aliphatic rings. The van der Waals surface area contributed by atoms with Gasteiger partial charge in [-0.3, -0.25) is 4.68 Å². The molecule has 0 saturated carbocycles. The van der Waals surface area contributed by atoms with Crippen LogP contribution in [0.3, 0.4) is 0 Å². The van der Waals surface area contributed by atoms with E-state index in [1.54, 1.807) is 17.7 Å². The summed E-state index contributed by atoms with van der Waals surface area (Å²) in [4.78, 5) is 9.03. The number of hydrogen-bond donors (Lipinski definition) is 0. The number of para-hydroxylation sites is 1. The Morgan fingerprint density at radius 2 is 1.94 bits per heavy atom. The highest BCUT2D eigenvalue weighted by atomic mass is 35.5. The van der Waals surface area contributed by atoms with Crippen molar-refractivity contribution in [2.24, 2.45) is 0 Å². The zero-order valence-electron chi connectivity index (χ0n) is 17.9. The second-order valence-corrected chi connectivity index (χ2v) is 8.15. The lowest BCUT2D eigenvalue weighted by atomic mass is 10.1. The summed E-state index contributed by atoms with van der Waals surface area (Å²) in [5.41, 5.74) is 1.77. The molecule has 1 atom stereocenters. The summed E-state index contributed by atoms with van der Waals surface area (Å²) in [5, 5.41) is 5.67. The molecular weight excluding hydrogens is 450 g/mol. The minimum atomic E-state index is -0.695. The summed E-state index contributed by atoms with van der Waals surface area (Å²) < 4.78 is 41.9. The van der Waals surface area contributed by atoms with Gasteiger partial charge >= 0.3 is 0 Å². The largest absolute Gasteiger partial charge is 0.494 e. The number of aromatic nitrogens is 4. The first-order chi connectivity index (χ1) is 16.0. The van der Waals surface area contributed by atoms with Crippen LogP contribution in [0.4, 0.5) is 8.78 Å². The van der Waals surface area contributed by atoms with Gasteiger partial charge in [0.2, 0.25) is 0 Å². The number of fused-ring (bicyclic) bond motifs is 1. The Morgan fingerprint density at radius 1 is 1.15 bits per heavy atom. The van der Waals surface area contributed by atoms with Gasteiger partial charge < -0.3 is 9.47 Å². The summed E-state index contributed by atoms with van der Waals surface area (Å²) in [6, 6.07) is 11.5. The topological polar surface area (TPSA) is 62.1 Å². The molecule has 0 radical (unpaired) electrons. The Hall–Kier alpha value is -3.10. The lowest BCUT2D eigenvalue weighted by molar-refractivity contribution is 0.108. The maximum atomic E-state index is 14.7. The van der Waals surface area contributed by atoms with Gasteiger partial charge in [-0.15, -0.1) is 0 Å². The van der Waals surface area contributed by atoms with Gasteiger partial charge in [0.15, 0.2) is 5.82 Å². The number of rotatable bonds is 6. The molecule has 0 amide bonds. The molecule has 0 bridgehead atoms. The zero-order valence-corrected chi connectivity index (χ0v) is 18.6. The van der Waals surface area contributed by atoms with E-state index in [0.29, 0.717) is 35.9 Å². The van der Waals surface area contributed by atoms with Crippen molar-refractivity contribution in [1.29, 1.82) is 0 Å². The summed E-state index contributed by atoms with van der Waals surface area (Å²) in [7, 11) is 0. The summed E-state index contributed by atoms with van der Waals surface area (Å²) >= 11 is 6.30. The Kier molecular flexibility index (Phi) is 5.95. The van der Waals surface area contributed by atoms with Crippen molar-refractivity contribution in [2.45, 2.75) is 32.4 Å². The number of ether oxygens (including phenoxy) is 2. The van der Waals surface area contributed by atoms with Gasteiger partial charge in [0.25, 0.3) is 0 Å². The molecule has 6 nitrogen and oxygen atoms in total. The normalized spacial score (nSPS) is 15.9. The van der Waals surface area contributed by atoms with Gasteiger partial charge in [-0.25, -0.2) is 18.7 Å². The Bertz CT molecular complexity index is 1300. The molecule has 2 aromatic carbocycles. The van der Waals surface area contributed by atoms with E-state index in [2.05, 4.69) is 15.1 Å². The van der Waals surface area contributed by atoms with Gasteiger partial charge in [-0.1, -0.05) is 29.8 Å². The van der Waals surface area contributed by atoms with Crippen LogP contribution in [-0.4, -0.2) is 33.0 Å². The first-order valence-electron chi connectivity index (χ1n) is 10.8. The van der Waals surface area contributed by atoms with Gasteiger partial charge in [-0.2, -0.15) is 5.10 Å². The monoisotopic (exact) mass is 470 g/mol. The number of halogens is 3. The molecule has 4 aromatic rings. The number of nitrogens with zero attached hydrogens (tertiary/aromatic N) is 4. The van der Waals surface area contributed by atoms with Crippen LogP contribution in [0.25, 0.3) is 22.4 Å². The quantitative estimate of drug-likeness (QED) is 0.337. The fraction of sp³-hybridized carbons (Fsp3) is 0.292. The van der Waals surface area contributed by atoms with Crippen molar-refractivity contribution in [3.05, 3.63) is 70.5 Å². The molecule has 5 rings (SSSR count). The van der Waals surface area contributed by atoms with Crippen molar-refractivity contribution in [3.63, 3.8) is 0 Å². The molecule has 1 fully saturated rings. The SMILES string of the molecule is CCOc1cc(F)c(Cn2nc(-c3nc(Cl)cc(C4CCCO4)n3)c3ccccc32)c(F)c1. The molecule has 3 heterocycles. The van der Waals surface area contributed by atoms with Gasteiger partial charge in [0, 0.05) is 29.7 Å². The predicted octanol–water partition coefficient (Wildman–Crippen LogP) is 5.72. The van der Waals surface area contributed by atoms with Crippen LogP contribution in [0.15, 0.2) is 42.5 Å². The van der Waals surface area contributed by atoms with E-state index in [0.717, 1.165) is 18.2 Å². The highest BCUT2D eigenvalue weighted by Crippen LogP contribution is 2.32. The van der Waals surface area contributed by atoms with Crippen LogP contribution >= 0.6 is 11.6 Å². The molecule has 1 saturated heterocycles. The highest BCUT2D eigenvalue weighted by molar-refractivity contribution is 6.29. The van der Waals surface area contributed by atoms with E-state index >= 15 is 0 Å². The van der Waals surface area contributed by atoms with Crippen molar-refractivity contribution in [2.75, 3.05) is 13.2 Å². The minimum absolute atomic E-state index is 0.106. The van der Waals surface area contributed by atoms with Crippen LogP contribution in [0, 0.1) is 11.6 Å². The summed E-state index contributed by atoms with van der Waals surface area (Å²) in [6.07, 6.45) is 1.68. The van der Waals surface area contributed by atoms with Gasteiger partial charge in [0.05, 0.1) is 30.5 Å². The minimum Gasteiger partial charge on any atom is -0.494 e. The highest BCUT2D eigenvalue weighted by Gasteiger charge is 2.23. The van der Waals surface area contributed by atoms with Crippen LogP contribution in [0.5, 0.6) is 5.75 Å². The third-order valence-electron chi connectivity index (χ3n) is 5.58. The van der Waals surface area contributed by atoms with Crippen LogP contribution in [0.2, 0.25) is 5.15 Å². The number of benzene rings is 2. The van der Waals surface area contributed by atoms with Crippen LogP contribution in [0.1, 0.15) is 37.1 Å². The average molecular weight is 471 g/mol. The second-order valence-electron chi connectivity index (χ2n) is 7.76. The molecule has 0 spiro atoms. The van der Waals surface area contributed by atoms with Crippen LogP contribution in [-0.2, 0) is 11.3 Å². The fourth-order valence-electron chi connectivity index (χ4n) is 4.06. The van der Waals surface area contributed by atoms with E-state index in [-0.39, 0.29) is 29.1 Å². The van der Waals surface area contributed by atoms with Crippen molar-refractivity contribution < 1.29 is 18.3 Å². The van der Waals surface area contributed by atoms with Gasteiger partial charge in [0.1, 0.15) is 28.2 Å². The maximum Gasteiger partial charge on any atom is 0.182 e. The molecule has 1 unspecified atom stereocenters. The predicted molar refractivity (Wildman–Crippen MR) is 120 cm³/mol. The summed E-state index contributed by atoms with van der Waals surface area (Å²) in [6.45, 7) is 2.64. The molecule has 0 aliphatic carbocycles. The molecule has 0 N–H and O–H groups in total. The molecular formula is C24H21ClF2N4O2. The molecule has 33 heavy (non-hydrogen) atoms. The van der Waals surface area contributed by atoms with E-state index < -0.39 is 11.6 Å². The Balaban J connectivity index is 1.58. The van der Waals surface area contributed by atoms with E-state index in [1.165, 1.54) is 12.1 Å². The van der Waals surface area contributed by atoms with E-state index in [1.807, 2.05) is 24.3 Å². The fourth-order valence-corrected chi connectivity index (χ4v) is 4.25. The zero-order chi connectivity index (χ0) is 22.9. The Morgan fingerprint density at radius 3 is 2.67 bits per heavy atom. The number of hydrogen-bond acceptors (Lipinski definition) is 5. The smallest absolute Gasteiger partial charge is 0.182 e. The van der Waals surface area contributed by atoms with Crippen molar-refractivity contribution >= 4 is 22.5 Å². The van der Waals surface area contributed by atoms with E-state index in [9.17, 15) is 8.78 Å². The third kappa shape index (κ3) is 4.28. The lowest BCUT2D eigenvalue weighted by Crippen LogP contribution is -2.08. The molecule has 2 aromatic heterocycles. The lowest BCUT2D eigenvalue weighted by Gasteiger charge is -2.10. The van der Waals surface area contributed by atoms with Crippen molar-refractivity contribution in [3.8, 4) is 17.3 Å². The Labute approximate surface area is 194 Å². The van der Waals surface area contributed by atoms with Crippen LogP contribution < -0.4 is 4.74 Å². The maximum absolute atomic E-state index is 14.7. The first-order valence-corrected chi connectivity index (χ1v) is 11.1. The molecule has 1 aliphatic heterocycles. The average Bonchev–Trinajstić information content (AvgIpc) is 3.45. The molecule has 170 valence electrons. The second kappa shape index (κ2) is 9.03.